The molecule has 11 heteroatoms. The summed E-state index contributed by atoms with van der Waals surface area (Å²) in [6.07, 6.45) is -4.81. The Kier molecular flexibility index (Phi) is 5.09. The Morgan fingerprint density at radius 1 is 1.12 bits per heavy atom. The van der Waals surface area contributed by atoms with Crippen LogP contribution in [0.1, 0.15) is 10.6 Å². The SMILES string of the molecule is CN(C)S(=O)(=O)c1ccc(C(=O)Nc2ccc(OC(F)(F)F)cc2)o1. The Morgan fingerprint density at radius 2 is 1.72 bits per heavy atom. The second-order valence-electron chi connectivity index (χ2n) is 4.93. The number of rotatable bonds is 5. The summed E-state index contributed by atoms with van der Waals surface area (Å²) in [5.41, 5.74) is 0.174. The van der Waals surface area contributed by atoms with Gasteiger partial charge >= 0.3 is 6.36 Å². The van der Waals surface area contributed by atoms with E-state index in [2.05, 4.69) is 10.1 Å². The molecule has 7 nitrogen and oxygen atoms in total. The zero-order valence-electron chi connectivity index (χ0n) is 13.0. The summed E-state index contributed by atoms with van der Waals surface area (Å²) in [5.74, 6) is -1.47. The maximum absolute atomic E-state index is 12.1. The normalized spacial score (nSPS) is 12.2. The van der Waals surface area contributed by atoms with Gasteiger partial charge in [0.25, 0.3) is 15.9 Å². The fraction of sp³-hybridized carbons (Fsp3) is 0.214. The molecule has 0 aliphatic heterocycles. The third kappa shape index (κ3) is 4.73. The summed E-state index contributed by atoms with van der Waals surface area (Å²) in [6.45, 7) is 0. The van der Waals surface area contributed by atoms with Crippen molar-refractivity contribution in [2.75, 3.05) is 19.4 Å². The number of alkyl halides is 3. The van der Waals surface area contributed by atoms with Crippen LogP contribution in [0, 0.1) is 0 Å². The molecular formula is C14H13F3N2O5S. The van der Waals surface area contributed by atoms with Crippen molar-refractivity contribution >= 4 is 21.6 Å². The van der Waals surface area contributed by atoms with Gasteiger partial charge in [-0.25, -0.2) is 12.7 Å². The number of nitrogens with one attached hydrogen (secondary N) is 1. The molecule has 0 aliphatic rings. The van der Waals surface area contributed by atoms with E-state index in [9.17, 15) is 26.4 Å². The van der Waals surface area contributed by atoms with Crippen molar-refractivity contribution in [2.24, 2.45) is 0 Å². The molecule has 0 radical (unpaired) electrons. The molecule has 0 atom stereocenters. The van der Waals surface area contributed by atoms with Crippen LogP contribution in [0.3, 0.4) is 0 Å². The van der Waals surface area contributed by atoms with E-state index in [0.717, 1.165) is 22.5 Å². The summed E-state index contributed by atoms with van der Waals surface area (Å²) >= 11 is 0. The standard InChI is InChI=1S/C14H13F3N2O5S/c1-19(2)25(21,22)12-8-7-11(23-12)13(20)18-9-3-5-10(6-4-9)24-14(15,16)17/h3-8H,1-2H3,(H,18,20). The number of furan rings is 1. The first kappa shape index (κ1) is 18.8. The van der Waals surface area contributed by atoms with Crippen LogP contribution >= 0.6 is 0 Å². The van der Waals surface area contributed by atoms with Gasteiger partial charge in [0.2, 0.25) is 5.09 Å². The second kappa shape index (κ2) is 6.76. The van der Waals surface area contributed by atoms with Crippen molar-refractivity contribution in [2.45, 2.75) is 11.5 Å². The van der Waals surface area contributed by atoms with Crippen LogP contribution < -0.4 is 10.1 Å². The Labute approximate surface area is 141 Å². The summed E-state index contributed by atoms with van der Waals surface area (Å²) in [7, 11) is -1.21. The smallest absolute Gasteiger partial charge is 0.438 e. The molecular weight excluding hydrogens is 365 g/mol. The van der Waals surface area contributed by atoms with Crippen LogP contribution in [-0.4, -0.2) is 39.1 Å². The average Bonchev–Trinajstić information content (AvgIpc) is 2.98. The number of halogens is 3. The number of sulfonamides is 1. The maximum atomic E-state index is 12.1. The topological polar surface area (TPSA) is 88.9 Å². The molecule has 0 bridgehead atoms. The first-order valence-electron chi connectivity index (χ1n) is 6.68. The summed E-state index contributed by atoms with van der Waals surface area (Å²) < 4.78 is 69.6. The fourth-order valence-electron chi connectivity index (χ4n) is 1.69. The van der Waals surface area contributed by atoms with Crippen molar-refractivity contribution in [3.05, 3.63) is 42.2 Å². The second-order valence-corrected chi connectivity index (χ2v) is 7.02. The van der Waals surface area contributed by atoms with E-state index in [1.165, 1.54) is 32.3 Å². The Balaban J connectivity index is 2.09. The number of carbonyl (C=O) groups is 1. The molecule has 1 amide bonds. The van der Waals surface area contributed by atoms with Gasteiger partial charge in [0.05, 0.1) is 0 Å². The molecule has 25 heavy (non-hydrogen) atoms. The predicted molar refractivity (Wildman–Crippen MR) is 80.7 cm³/mol. The highest BCUT2D eigenvalue weighted by Gasteiger charge is 2.31. The monoisotopic (exact) mass is 378 g/mol. The molecule has 0 spiro atoms. The van der Waals surface area contributed by atoms with Crippen molar-refractivity contribution in [3.63, 3.8) is 0 Å². The van der Waals surface area contributed by atoms with Gasteiger partial charge in [-0.1, -0.05) is 0 Å². The first-order chi connectivity index (χ1) is 11.5. The van der Waals surface area contributed by atoms with Crippen molar-refractivity contribution in [3.8, 4) is 5.75 Å². The van der Waals surface area contributed by atoms with Gasteiger partial charge in [-0.3, -0.25) is 4.79 Å². The lowest BCUT2D eigenvalue weighted by atomic mass is 10.3. The Hall–Kier alpha value is -2.53. The van der Waals surface area contributed by atoms with E-state index in [1.54, 1.807) is 0 Å². The maximum Gasteiger partial charge on any atom is 0.573 e. The number of benzene rings is 1. The molecule has 2 rings (SSSR count). The van der Waals surface area contributed by atoms with Gasteiger partial charge in [0.15, 0.2) is 5.76 Å². The number of anilines is 1. The molecule has 0 aliphatic carbocycles. The molecule has 1 N–H and O–H groups in total. The molecule has 0 saturated carbocycles. The van der Waals surface area contributed by atoms with Gasteiger partial charge in [-0.2, -0.15) is 0 Å². The van der Waals surface area contributed by atoms with E-state index in [4.69, 9.17) is 4.42 Å². The molecule has 1 heterocycles. The number of carbonyl (C=O) groups excluding carboxylic acids is 1. The Morgan fingerprint density at radius 3 is 2.24 bits per heavy atom. The fourth-order valence-corrected chi connectivity index (χ4v) is 2.49. The number of ether oxygens (including phenoxy) is 1. The molecule has 1 aromatic carbocycles. The highest BCUT2D eigenvalue weighted by atomic mass is 32.2. The van der Waals surface area contributed by atoms with Crippen LogP contribution in [0.15, 0.2) is 45.9 Å². The largest absolute Gasteiger partial charge is 0.573 e. The molecule has 136 valence electrons. The molecule has 0 saturated heterocycles. The summed E-state index contributed by atoms with van der Waals surface area (Å²) in [6, 6.07) is 6.73. The van der Waals surface area contributed by atoms with Gasteiger partial charge in [-0.15, -0.1) is 13.2 Å². The summed E-state index contributed by atoms with van der Waals surface area (Å²) in [5, 5.41) is 1.96. The zero-order valence-corrected chi connectivity index (χ0v) is 13.8. The van der Waals surface area contributed by atoms with Crippen LogP contribution in [0.4, 0.5) is 18.9 Å². The first-order valence-corrected chi connectivity index (χ1v) is 8.12. The minimum Gasteiger partial charge on any atom is -0.438 e. The van der Waals surface area contributed by atoms with Gasteiger partial charge in [-0.05, 0) is 36.4 Å². The molecule has 0 unspecified atom stereocenters. The van der Waals surface area contributed by atoms with Gasteiger partial charge in [0, 0.05) is 19.8 Å². The van der Waals surface area contributed by atoms with Crippen molar-refractivity contribution in [1.82, 2.24) is 4.31 Å². The third-order valence-corrected chi connectivity index (χ3v) is 4.58. The minimum atomic E-state index is -4.81. The van der Waals surface area contributed by atoms with Crippen molar-refractivity contribution in [1.29, 1.82) is 0 Å². The minimum absolute atomic E-state index is 0.174. The van der Waals surface area contributed by atoms with Crippen LogP contribution in [0.2, 0.25) is 0 Å². The van der Waals surface area contributed by atoms with Gasteiger partial charge < -0.3 is 14.5 Å². The van der Waals surface area contributed by atoms with E-state index in [1.807, 2.05) is 0 Å². The zero-order chi connectivity index (χ0) is 18.8. The lowest BCUT2D eigenvalue weighted by molar-refractivity contribution is -0.274. The van der Waals surface area contributed by atoms with Crippen LogP contribution in [0.25, 0.3) is 0 Å². The number of hydrogen-bond acceptors (Lipinski definition) is 5. The highest BCUT2D eigenvalue weighted by Crippen LogP contribution is 2.24. The van der Waals surface area contributed by atoms with Gasteiger partial charge in [0.1, 0.15) is 5.75 Å². The quantitative estimate of drug-likeness (QED) is 0.864. The van der Waals surface area contributed by atoms with E-state index in [0.29, 0.717) is 0 Å². The van der Waals surface area contributed by atoms with E-state index >= 15 is 0 Å². The third-order valence-electron chi connectivity index (χ3n) is 2.89. The Bertz CT molecular complexity index is 857. The molecule has 0 fully saturated rings. The molecule has 1 aromatic heterocycles. The molecule has 2 aromatic rings. The number of amides is 1. The highest BCUT2D eigenvalue weighted by molar-refractivity contribution is 7.88. The number of hydrogen-bond donors (Lipinski definition) is 1. The van der Waals surface area contributed by atoms with Crippen LogP contribution in [-0.2, 0) is 10.0 Å². The summed E-state index contributed by atoms with van der Waals surface area (Å²) in [4.78, 5) is 12.0. The van der Waals surface area contributed by atoms with E-state index < -0.39 is 33.1 Å². The predicted octanol–water partition coefficient (Wildman–Crippen LogP) is 2.68. The van der Waals surface area contributed by atoms with E-state index in [-0.39, 0.29) is 11.4 Å². The number of nitrogens with zero attached hydrogens (tertiary/aromatic N) is 1. The average molecular weight is 378 g/mol. The lowest BCUT2D eigenvalue weighted by Gasteiger charge is -2.09. The van der Waals surface area contributed by atoms with Crippen LogP contribution in [0.5, 0.6) is 5.75 Å². The van der Waals surface area contributed by atoms with Crippen molar-refractivity contribution < 1.29 is 35.5 Å². The lowest BCUT2D eigenvalue weighted by Crippen LogP contribution is -2.21.